The van der Waals surface area contributed by atoms with Crippen molar-refractivity contribution >= 4 is 11.8 Å². The third-order valence-corrected chi connectivity index (χ3v) is 4.48. The molecule has 2 aromatic rings. The number of hydrogen-bond donors (Lipinski definition) is 2. The monoisotopic (exact) mass is 352 g/mol. The van der Waals surface area contributed by atoms with Crippen LogP contribution in [0.25, 0.3) is 0 Å². The van der Waals surface area contributed by atoms with Gasteiger partial charge in [0.25, 0.3) is 5.91 Å². The number of nitrogens with zero attached hydrogens (tertiary/aromatic N) is 2. The fourth-order valence-electron chi connectivity index (χ4n) is 3.14. The Morgan fingerprint density at radius 1 is 1.27 bits per heavy atom. The first kappa shape index (κ1) is 18.1. The molecule has 0 aliphatic carbocycles. The zero-order valence-electron chi connectivity index (χ0n) is 14.9. The average Bonchev–Trinajstić information content (AvgIpc) is 2.68. The van der Waals surface area contributed by atoms with Crippen molar-refractivity contribution in [2.75, 3.05) is 19.6 Å². The summed E-state index contributed by atoms with van der Waals surface area (Å²) in [7, 11) is 0. The van der Waals surface area contributed by atoms with E-state index in [1.165, 1.54) is 0 Å². The van der Waals surface area contributed by atoms with E-state index < -0.39 is 6.04 Å². The van der Waals surface area contributed by atoms with Gasteiger partial charge < -0.3 is 15.5 Å². The smallest absolute Gasteiger partial charge is 0.251 e. The van der Waals surface area contributed by atoms with Crippen molar-refractivity contribution in [2.24, 2.45) is 0 Å². The molecule has 26 heavy (non-hydrogen) atoms. The number of pyridine rings is 1. The molecule has 0 spiro atoms. The summed E-state index contributed by atoms with van der Waals surface area (Å²) in [6.45, 7) is 4.11. The van der Waals surface area contributed by atoms with E-state index in [4.69, 9.17) is 0 Å². The van der Waals surface area contributed by atoms with E-state index >= 15 is 0 Å². The molecular formula is C20H24N4O2. The molecule has 2 amide bonds. The van der Waals surface area contributed by atoms with Gasteiger partial charge in [0.1, 0.15) is 6.04 Å². The Morgan fingerprint density at radius 3 is 2.77 bits per heavy atom. The predicted molar refractivity (Wildman–Crippen MR) is 99.7 cm³/mol. The number of amides is 2. The first-order valence-electron chi connectivity index (χ1n) is 8.90. The first-order valence-corrected chi connectivity index (χ1v) is 8.90. The average molecular weight is 352 g/mol. The first-order chi connectivity index (χ1) is 12.6. The number of piperazine rings is 1. The zero-order chi connectivity index (χ0) is 18.4. The maximum Gasteiger partial charge on any atom is 0.251 e. The number of carbonyl (C=O) groups is 2. The zero-order valence-corrected chi connectivity index (χ0v) is 14.9. The molecule has 2 heterocycles. The summed E-state index contributed by atoms with van der Waals surface area (Å²) in [5.41, 5.74) is 1.47. The van der Waals surface area contributed by atoms with Gasteiger partial charge in [-0.2, -0.15) is 0 Å². The number of aromatic nitrogens is 1. The Bertz CT molecular complexity index is 736. The number of benzene rings is 1. The number of hydrogen-bond acceptors (Lipinski definition) is 4. The van der Waals surface area contributed by atoms with Gasteiger partial charge in [-0.15, -0.1) is 0 Å². The minimum Gasteiger partial charge on any atom is -0.340 e. The highest BCUT2D eigenvalue weighted by Gasteiger charge is 2.29. The summed E-state index contributed by atoms with van der Waals surface area (Å²) >= 11 is 0. The molecule has 0 radical (unpaired) electrons. The molecule has 2 N–H and O–H groups in total. The van der Waals surface area contributed by atoms with Crippen LogP contribution in [0.2, 0.25) is 0 Å². The summed E-state index contributed by atoms with van der Waals surface area (Å²) in [6.07, 6.45) is 3.85. The molecule has 1 aliphatic rings. The second kappa shape index (κ2) is 8.58. The van der Waals surface area contributed by atoms with E-state index in [0.29, 0.717) is 25.1 Å². The minimum absolute atomic E-state index is 0.0496. The lowest BCUT2D eigenvalue weighted by Crippen LogP contribution is -2.57. The van der Waals surface area contributed by atoms with Gasteiger partial charge in [0.05, 0.1) is 0 Å². The Kier molecular flexibility index (Phi) is 5.96. The lowest BCUT2D eigenvalue weighted by Gasteiger charge is -2.34. The van der Waals surface area contributed by atoms with Crippen molar-refractivity contribution in [1.82, 2.24) is 20.5 Å². The molecule has 6 nitrogen and oxygen atoms in total. The maximum atomic E-state index is 13.1. The van der Waals surface area contributed by atoms with Crippen molar-refractivity contribution in [3.63, 3.8) is 0 Å². The predicted octanol–water partition coefficient (Wildman–Crippen LogP) is 1.24. The third-order valence-electron chi connectivity index (χ3n) is 4.48. The Labute approximate surface area is 153 Å². The lowest BCUT2D eigenvalue weighted by atomic mass is 10.0. The fourth-order valence-corrected chi connectivity index (χ4v) is 3.14. The molecule has 1 fully saturated rings. The van der Waals surface area contributed by atoms with Crippen LogP contribution in [0.1, 0.15) is 22.8 Å². The molecule has 1 aromatic carbocycles. The molecule has 2 atom stereocenters. The van der Waals surface area contributed by atoms with Crippen LogP contribution >= 0.6 is 0 Å². The highest BCUT2D eigenvalue weighted by molar-refractivity contribution is 5.97. The van der Waals surface area contributed by atoms with Crippen LogP contribution in [0.4, 0.5) is 0 Å². The van der Waals surface area contributed by atoms with Gasteiger partial charge in [-0.25, -0.2) is 0 Å². The normalized spacial score (nSPS) is 18.2. The van der Waals surface area contributed by atoms with Crippen LogP contribution in [-0.2, 0) is 11.2 Å². The van der Waals surface area contributed by atoms with Crippen molar-refractivity contribution in [1.29, 1.82) is 0 Å². The molecule has 1 aromatic heterocycles. The standard InChI is InChI=1S/C20H24N4O2/c1-15-14-24(11-10-22-15)20(26)18(12-16-6-5-9-21-13-16)23-19(25)17-7-3-2-4-8-17/h2-9,13,15,18,22H,10-12,14H2,1H3,(H,23,25). The molecule has 2 unspecified atom stereocenters. The van der Waals surface area contributed by atoms with E-state index in [1.807, 2.05) is 35.2 Å². The van der Waals surface area contributed by atoms with Crippen molar-refractivity contribution < 1.29 is 9.59 Å². The summed E-state index contributed by atoms with van der Waals surface area (Å²) in [6, 6.07) is 12.4. The summed E-state index contributed by atoms with van der Waals surface area (Å²) in [5, 5.41) is 6.25. The Morgan fingerprint density at radius 2 is 2.08 bits per heavy atom. The van der Waals surface area contributed by atoms with E-state index in [9.17, 15) is 9.59 Å². The van der Waals surface area contributed by atoms with Crippen LogP contribution in [0.5, 0.6) is 0 Å². The Balaban J connectivity index is 1.76. The third kappa shape index (κ3) is 4.67. The van der Waals surface area contributed by atoms with E-state index in [-0.39, 0.29) is 17.9 Å². The molecule has 3 rings (SSSR count). The topological polar surface area (TPSA) is 74.3 Å². The molecule has 136 valence electrons. The molecule has 1 saturated heterocycles. The van der Waals surface area contributed by atoms with Gasteiger partial charge in [-0.05, 0) is 30.7 Å². The number of nitrogens with one attached hydrogen (secondary N) is 2. The van der Waals surface area contributed by atoms with Gasteiger partial charge in [0.2, 0.25) is 5.91 Å². The quantitative estimate of drug-likeness (QED) is 0.849. The highest BCUT2D eigenvalue weighted by atomic mass is 16.2. The van der Waals surface area contributed by atoms with Crippen LogP contribution in [0.3, 0.4) is 0 Å². The summed E-state index contributed by atoms with van der Waals surface area (Å²) in [5.74, 6) is -0.289. The highest BCUT2D eigenvalue weighted by Crippen LogP contribution is 2.09. The molecule has 0 saturated carbocycles. The molecular weight excluding hydrogens is 328 g/mol. The van der Waals surface area contributed by atoms with Gasteiger partial charge in [-0.1, -0.05) is 24.3 Å². The van der Waals surface area contributed by atoms with Crippen molar-refractivity contribution in [3.8, 4) is 0 Å². The van der Waals surface area contributed by atoms with E-state index in [2.05, 4.69) is 22.5 Å². The fraction of sp³-hybridized carbons (Fsp3) is 0.350. The van der Waals surface area contributed by atoms with Gasteiger partial charge >= 0.3 is 0 Å². The maximum absolute atomic E-state index is 13.1. The van der Waals surface area contributed by atoms with Crippen molar-refractivity contribution in [3.05, 3.63) is 66.0 Å². The second-order valence-corrected chi connectivity index (χ2v) is 6.60. The van der Waals surface area contributed by atoms with Crippen LogP contribution in [-0.4, -0.2) is 53.4 Å². The van der Waals surface area contributed by atoms with Crippen molar-refractivity contribution in [2.45, 2.75) is 25.4 Å². The lowest BCUT2D eigenvalue weighted by molar-refractivity contribution is -0.134. The minimum atomic E-state index is -0.614. The van der Waals surface area contributed by atoms with E-state index in [1.54, 1.807) is 24.5 Å². The molecule has 0 bridgehead atoms. The number of rotatable bonds is 5. The van der Waals surface area contributed by atoms with E-state index in [0.717, 1.165) is 12.1 Å². The van der Waals surface area contributed by atoms with Gasteiger partial charge in [0, 0.05) is 50.1 Å². The SMILES string of the molecule is CC1CN(C(=O)C(Cc2cccnc2)NC(=O)c2ccccc2)CCN1. The molecule has 6 heteroatoms. The second-order valence-electron chi connectivity index (χ2n) is 6.60. The Hall–Kier alpha value is -2.73. The van der Waals surface area contributed by atoms with Crippen LogP contribution < -0.4 is 10.6 Å². The summed E-state index contributed by atoms with van der Waals surface area (Å²) < 4.78 is 0. The van der Waals surface area contributed by atoms with Crippen LogP contribution in [0.15, 0.2) is 54.9 Å². The number of carbonyl (C=O) groups excluding carboxylic acids is 2. The van der Waals surface area contributed by atoms with Crippen LogP contribution in [0, 0.1) is 0 Å². The van der Waals surface area contributed by atoms with Gasteiger partial charge in [-0.3, -0.25) is 14.6 Å². The largest absolute Gasteiger partial charge is 0.340 e. The molecule has 1 aliphatic heterocycles. The van der Waals surface area contributed by atoms with Gasteiger partial charge in [0.15, 0.2) is 0 Å². The summed E-state index contributed by atoms with van der Waals surface area (Å²) in [4.78, 5) is 31.6.